The van der Waals surface area contributed by atoms with E-state index in [4.69, 9.17) is 0 Å². The van der Waals surface area contributed by atoms with Crippen LogP contribution < -0.4 is 10.9 Å². The molecule has 0 spiro atoms. The van der Waals surface area contributed by atoms with Gasteiger partial charge in [0.05, 0.1) is 0 Å². The standard InChI is InChI=1S/C24H29N3O/c28-24(18-8-1-2-9-18)27-14-6-11-19(16-27)23-22(15-25-26-23)21-13-5-10-17-7-3-4-12-20(17)21/h3-5,7-8,10,12-13,19,22-23,25-26H,1-2,6,9,11,14-16H2. The van der Waals surface area contributed by atoms with E-state index in [1.807, 2.05) is 0 Å². The van der Waals surface area contributed by atoms with Crippen LogP contribution in [0.3, 0.4) is 0 Å². The lowest BCUT2D eigenvalue weighted by molar-refractivity contribution is -0.129. The van der Waals surface area contributed by atoms with E-state index in [1.54, 1.807) is 0 Å². The Labute approximate surface area is 167 Å². The average Bonchev–Trinajstić information content (AvgIpc) is 3.45. The van der Waals surface area contributed by atoms with Gasteiger partial charge in [0.1, 0.15) is 0 Å². The summed E-state index contributed by atoms with van der Waals surface area (Å²) in [4.78, 5) is 15.0. The largest absolute Gasteiger partial charge is 0.339 e. The van der Waals surface area contributed by atoms with Gasteiger partial charge in [0.15, 0.2) is 0 Å². The number of fused-ring (bicyclic) bond motifs is 1. The summed E-state index contributed by atoms with van der Waals surface area (Å²) in [6.45, 7) is 2.72. The molecule has 0 bridgehead atoms. The number of hydrogen-bond donors (Lipinski definition) is 2. The Kier molecular flexibility index (Phi) is 4.91. The Balaban J connectivity index is 1.38. The molecule has 2 saturated heterocycles. The van der Waals surface area contributed by atoms with Crippen molar-refractivity contribution in [1.82, 2.24) is 15.8 Å². The predicted octanol–water partition coefficient (Wildman–Crippen LogP) is 3.75. The van der Waals surface area contributed by atoms with Gasteiger partial charge >= 0.3 is 0 Å². The third-order valence-corrected chi connectivity index (χ3v) is 6.82. The first kappa shape index (κ1) is 17.9. The summed E-state index contributed by atoms with van der Waals surface area (Å²) in [5.41, 5.74) is 9.45. The molecule has 3 aliphatic rings. The number of amides is 1. The summed E-state index contributed by atoms with van der Waals surface area (Å²) in [6.07, 6.45) is 7.60. The van der Waals surface area contributed by atoms with Crippen LogP contribution in [0, 0.1) is 5.92 Å². The summed E-state index contributed by atoms with van der Waals surface area (Å²) in [5.74, 6) is 1.20. The second-order valence-corrected chi connectivity index (χ2v) is 8.50. The third kappa shape index (κ3) is 3.25. The first-order valence-corrected chi connectivity index (χ1v) is 10.8. The van der Waals surface area contributed by atoms with Crippen molar-refractivity contribution in [3.8, 4) is 0 Å². The summed E-state index contributed by atoms with van der Waals surface area (Å²) >= 11 is 0. The minimum absolute atomic E-state index is 0.287. The number of benzene rings is 2. The maximum atomic E-state index is 12.9. The Bertz CT molecular complexity index is 900. The van der Waals surface area contributed by atoms with Gasteiger partial charge in [-0.15, -0.1) is 0 Å². The summed E-state index contributed by atoms with van der Waals surface area (Å²) < 4.78 is 0. The van der Waals surface area contributed by atoms with Crippen LogP contribution in [0.15, 0.2) is 54.1 Å². The molecule has 0 saturated carbocycles. The molecule has 3 unspecified atom stereocenters. The zero-order chi connectivity index (χ0) is 18.9. The van der Waals surface area contributed by atoms with Crippen molar-refractivity contribution in [1.29, 1.82) is 0 Å². The Morgan fingerprint density at radius 2 is 1.96 bits per heavy atom. The van der Waals surface area contributed by atoms with Gasteiger partial charge in [-0.05, 0) is 54.4 Å². The van der Waals surface area contributed by atoms with E-state index in [2.05, 4.69) is 64.3 Å². The number of nitrogens with one attached hydrogen (secondary N) is 2. The summed E-state index contributed by atoms with van der Waals surface area (Å²) in [7, 11) is 0. The van der Waals surface area contributed by atoms with Crippen molar-refractivity contribution in [2.45, 2.75) is 44.1 Å². The van der Waals surface area contributed by atoms with E-state index in [9.17, 15) is 4.79 Å². The van der Waals surface area contributed by atoms with Crippen LogP contribution in [0.2, 0.25) is 0 Å². The minimum Gasteiger partial charge on any atom is -0.339 e. The number of carbonyl (C=O) groups excluding carboxylic acids is 1. The van der Waals surface area contributed by atoms with Crippen molar-refractivity contribution in [2.24, 2.45) is 5.92 Å². The molecule has 28 heavy (non-hydrogen) atoms. The SMILES string of the molecule is O=C(C1=CCCC1)N1CCCC(C2NNCC2c2cccc3ccccc23)C1. The highest BCUT2D eigenvalue weighted by molar-refractivity contribution is 5.93. The lowest BCUT2D eigenvalue weighted by Gasteiger charge is -2.38. The van der Waals surface area contributed by atoms with Crippen molar-refractivity contribution in [2.75, 3.05) is 19.6 Å². The minimum atomic E-state index is 0.287. The van der Waals surface area contributed by atoms with Crippen molar-refractivity contribution >= 4 is 16.7 Å². The van der Waals surface area contributed by atoms with E-state index in [0.717, 1.165) is 50.9 Å². The fourth-order valence-corrected chi connectivity index (χ4v) is 5.39. The molecule has 1 aliphatic carbocycles. The highest BCUT2D eigenvalue weighted by Crippen LogP contribution is 2.35. The molecule has 2 aromatic rings. The van der Waals surface area contributed by atoms with Crippen molar-refractivity contribution < 1.29 is 4.79 Å². The lowest BCUT2D eigenvalue weighted by Crippen LogP contribution is -2.48. The molecule has 1 amide bonds. The van der Waals surface area contributed by atoms with Gasteiger partial charge in [0, 0.05) is 37.2 Å². The number of hydrogen-bond acceptors (Lipinski definition) is 3. The summed E-state index contributed by atoms with van der Waals surface area (Å²) in [6, 6.07) is 15.7. The fourth-order valence-electron chi connectivity index (χ4n) is 5.39. The van der Waals surface area contributed by atoms with Crippen LogP contribution in [0.1, 0.15) is 43.6 Å². The van der Waals surface area contributed by atoms with Gasteiger partial charge in [-0.25, -0.2) is 0 Å². The monoisotopic (exact) mass is 375 g/mol. The van der Waals surface area contributed by atoms with Crippen LogP contribution in [-0.2, 0) is 4.79 Å². The smallest absolute Gasteiger partial charge is 0.249 e. The number of piperidine rings is 1. The highest BCUT2D eigenvalue weighted by Gasteiger charge is 2.38. The number of hydrazine groups is 1. The molecule has 4 heteroatoms. The highest BCUT2D eigenvalue weighted by atomic mass is 16.2. The van der Waals surface area contributed by atoms with Crippen LogP contribution in [0.4, 0.5) is 0 Å². The van der Waals surface area contributed by atoms with Crippen LogP contribution in [0.25, 0.3) is 10.8 Å². The second kappa shape index (κ2) is 7.69. The molecular weight excluding hydrogens is 346 g/mol. The molecule has 2 fully saturated rings. The fraction of sp³-hybridized carbons (Fsp3) is 0.458. The van der Waals surface area contributed by atoms with E-state index < -0.39 is 0 Å². The number of allylic oxidation sites excluding steroid dienone is 1. The maximum absolute atomic E-state index is 12.9. The molecule has 4 nitrogen and oxygen atoms in total. The van der Waals surface area contributed by atoms with Gasteiger partial charge < -0.3 is 4.90 Å². The number of rotatable bonds is 3. The van der Waals surface area contributed by atoms with Gasteiger partial charge in [-0.2, -0.15) is 0 Å². The van der Waals surface area contributed by atoms with E-state index in [1.165, 1.54) is 22.8 Å². The summed E-state index contributed by atoms with van der Waals surface area (Å²) in [5, 5.41) is 2.66. The topological polar surface area (TPSA) is 44.4 Å². The van der Waals surface area contributed by atoms with E-state index >= 15 is 0 Å². The third-order valence-electron chi connectivity index (χ3n) is 6.82. The van der Waals surface area contributed by atoms with Gasteiger partial charge in [-0.3, -0.25) is 15.6 Å². The van der Waals surface area contributed by atoms with Crippen LogP contribution in [-0.4, -0.2) is 36.5 Å². The first-order chi connectivity index (χ1) is 13.8. The van der Waals surface area contributed by atoms with Crippen molar-refractivity contribution in [3.63, 3.8) is 0 Å². The normalized spacial score (nSPS) is 27.9. The average molecular weight is 376 g/mol. The van der Waals surface area contributed by atoms with Crippen molar-refractivity contribution in [3.05, 3.63) is 59.7 Å². The zero-order valence-electron chi connectivity index (χ0n) is 16.4. The maximum Gasteiger partial charge on any atom is 0.249 e. The molecule has 3 atom stereocenters. The number of nitrogens with zero attached hydrogens (tertiary/aromatic N) is 1. The molecule has 2 aromatic carbocycles. The Morgan fingerprint density at radius 3 is 2.86 bits per heavy atom. The molecule has 0 radical (unpaired) electrons. The van der Waals surface area contributed by atoms with Gasteiger partial charge in [0.25, 0.3) is 0 Å². The first-order valence-electron chi connectivity index (χ1n) is 10.8. The molecule has 2 heterocycles. The van der Waals surface area contributed by atoms with Gasteiger partial charge in [0.2, 0.25) is 5.91 Å². The Hall–Kier alpha value is -2.17. The van der Waals surface area contributed by atoms with Gasteiger partial charge in [-0.1, -0.05) is 48.5 Å². The molecule has 2 N–H and O–H groups in total. The quantitative estimate of drug-likeness (QED) is 0.859. The molecule has 0 aromatic heterocycles. The predicted molar refractivity (Wildman–Crippen MR) is 113 cm³/mol. The van der Waals surface area contributed by atoms with Crippen LogP contribution in [0.5, 0.6) is 0 Å². The zero-order valence-corrected chi connectivity index (χ0v) is 16.4. The number of carbonyl (C=O) groups is 1. The van der Waals surface area contributed by atoms with Crippen LogP contribution >= 0.6 is 0 Å². The lowest BCUT2D eigenvalue weighted by atomic mass is 9.79. The molecular formula is C24H29N3O. The second-order valence-electron chi connectivity index (χ2n) is 8.50. The molecule has 2 aliphatic heterocycles. The Morgan fingerprint density at radius 1 is 1.07 bits per heavy atom. The molecule has 5 rings (SSSR count). The number of likely N-dealkylation sites (tertiary alicyclic amines) is 1. The molecule has 146 valence electrons. The van der Waals surface area contributed by atoms with E-state index in [-0.39, 0.29) is 5.91 Å². The van der Waals surface area contributed by atoms with E-state index in [0.29, 0.717) is 17.9 Å².